The summed E-state index contributed by atoms with van der Waals surface area (Å²) in [6, 6.07) is 10.5. The van der Waals surface area contributed by atoms with Gasteiger partial charge >= 0.3 is 29.6 Å². The van der Waals surface area contributed by atoms with E-state index in [4.69, 9.17) is 14.6 Å². The number of carboxylic acids is 1. The maximum absolute atomic E-state index is 9.00. The van der Waals surface area contributed by atoms with E-state index in [2.05, 4.69) is 11.0 Å². The summed E-state index contributed by atoms with van der Waals surface area (Å²) in [5.74, 6) is 0.0793. The van der Waals surface area contributed by atoms with Gasteiger partial charge in [0.25, 0.3) is 5.97 Å². The number of hydrogen-bond donors (Lipinski definition) is 1. The molecule has 1 N–H and O–H groups in total. The molecule has 0 aliphatic heterocycles. The van der Waals surface area contributed by atoms with Crippen LogP contribution in [0.2, 0.25) is 0 Å². The second kappa shape index (κ2) is 11.9. The Morgan fingerprint density at radius 1 is 1.41 bits per heavy atom. The number of rotatable bonds is 4. The molecule has 17 heavy (non-hydrogen) atoms. The van der Waals surface area contributed by atoms with Gasteiger partial charge in [-0.3, -0.25) is 4.79 Å². The number of likely N-dealkylation sites (N-methyl/N-ethyl adjacent to an activating group) is 1. The summed E-state index contributed by atoms with van der Waals surface area (Å²) in [6.07, 6.45) is 0. The summed E-state index contributed by atoms with van der Waals surface area (Å²) in [5, 5.41) is 7.42. The number of carbonyl (C=O) groups is 1. The molecule has 1 aromatic rings. The number of benzene rings is 1. The van der Waals surface area contributed by atoms with Crippen molar-refractivity contribution >= 4 is 5.97 Å². The van der Waals surface area contributed by atoms with Crippen LogP contribution in [-0.2, 0) is 4.79 Å². The van der Waals surface area contributed by atoms with Crippen molar-refractivity contribution in [2.75, 3.05) is 27.2 Å². The first-order valence-electron chi connectivity index (χ1n) is 4.95. The third-order valence-corrected chi connectivity index (χ3v) is 1.49. The van der Waals surface area contributed by atoms with Crippen LogP contribution < -0.4 is 34.3 Å². The van der Waals surface area contributed by atoms with Gasteiger partial charge in [0.05, 0.1) is 6.61 Å². The van der Waals surface area contributed by atoms with Crippen molar-refractivity contribution in [2.24, 2.45) is 0 Å². The fraction of sp³-hybridized carbons (Fsp3) is 0.417. The van der Waals surface area contributed by atoms with E-state index in [1.807, 2.05) is 38.4 Å². The van der Waals surface area contributed by atoms with Crippen LogP contribution in [-0.4, -0.2) is 43.2 Å². The Kier molecular flexibility index (Phi) is 13.2. The molecule has 0 aromatic heterocycles. The van der Waals surface area contributed by atoms with Gasteiger partial charge in [0, 0.05) is 19.2 Å². The Morgan fingerprint density at radius 2 is 1.88 bits per heavy atom. The fourth-order valence-electron chi connectivity index (χ4n) is 0.814. The monoisotopic (exact) mass is 247 g/mol. The predicted molar refractivity (Wildman–Crippen MR) is 62.6 cm³/mol. The van der Waals surface area contributed by atoms with Gasteiger partial charge in [-0.15, -0.1) is 12.1 Å². The zero-order valence-corrected chi connectivity index (χ0v) is 12.9. The molecule has 0 aliphatic rings. The van der Waals surface area contributed by atoms with Crippen LogP contribution >= 0.6 is 0 Å². The van der Waals surface area contributed by atoms with Crippen LogP contribution in [0.4, 0.5) is 0 Å². The van der Waals surface area contributed by atoms with Crippen LogP contribution in [0.1, 0.15) is 6.92 Å². The number of nitrogens with zero attached hydrogens (tertiary/aromatic N) is 1. The minimum absolute atomic E-state index is 0. The zero-order valence-electron chi connectivity index (χ0n) is 10.9. The second-order valence-corrected chi connectivity index (χ2v) is 3.41. The van der Waals surface area contributed by atoms with Crippen LogP contribution in [0.15, 0.2) is 24.3 Å². The van der Waals surface area contributed by atoms with Crippen LogP contribution in [0, 0.1) is 6.07 Å². The molecule has 0 aliphatic carbocycles. The molecule has 0 bridgehead atoms. The topological polar surface area (TPSA) is 49.8 Å². The Morgan fingerprint density at radius 3 is 2.29 bits per heavy atom. The molecule has 4 nitrogen and oxygen atoms in total. The van der Waals surface area contributed by atoms with E-state index in [9.17, 15) is 0 Å². The van der Waals surface area contributed by atoms with Crippen LogP contribution in [0.5, 0.6) is 5.75 Å². The minimum atomic E-state index is -0.833. The van der Waals surface area contributed by atoms with Crippen molar-refractivity contribution in [1.82, 2.24) is 4.90 Å². The molecule has 0 saturated carbocycles. The predicted octanol–water partition coefficient (Wildman–Crippen LogP) is -1.48. The van der Waals surface area contributed by atoms with Crippen LogP contribution in [0.25, 0.3) is 0 Å². The molecule has 1 aromatic carbocycles. The largest absolute Gasteiger partial charge is 1.00 e. The quantitative estimate of drug-likeness (QED) is 0.521. The summed E-state index contributed by atoms with van der Waals surface area (Å²) in [6.45, 7) is 2.76. The normalized spacial score (nSPS) is 8.71. The number of ether oxygens (including phenoxy) is 1. The van der Waals surface area contributed by atoms with E-state index >= 15 is 0 Å². The van der Waals surface area contributed by atoms with Crippen LogP contribution in [0.3, 0.4) is 0 Å². The van der Waals surface area contributed by atoms with Gasteiger partial charge in [-0.25, -0.2) is 0 Å². The Labute approximate surface area is 125 Å². The van der Waals surface area contributed by atoms with Crippen molar-refractivity contribution in [3.8, 4) is 5.75 Å². The van der Waals surface area contributed by atoms with Gasteiger partial charge in [-0.1, -0.05) is 0 Å². The molecule has 5 heteroatoms. The molecule has 0 heterocycles. The molecule has 0 amide bonds. The second-order valence-electron chi connectivity index (χ2n) is 3.41. The Balaban J connectivity index is 0. The maximum Gasteiger partial charge on any atom is 1.00 e. The molecule has 0 spiro atoms. The molecule has 0 radical (unpaired) electrons. The van der Waals surface area contributed by atoms with Crippen molar-refractivity contribution in [3.63, 3.8) is 0 Å². The average molecular weight is 247 g/mol. The number of carboxylic acid groups (broad SMARTS) is 1. The van der Waals surface area contributed by atoms with E-state index in [1.54, 1.807) is 0 Å². The van der Waals surface area contributed by atoms with Gasteiger partial charge < -0.3 is 14.7 Å². The van der Waals surface area contributed by atoms with Gasteiger partial charge in [0.1, 0.15) is 0 Å². The summed E-state index contributed by atoms with van der Waals surface area (Å²) >= 11 is 0. The third-order valence-electron chi connectivity index (χ3n) is 1.49. The molecular formula is C12H18NNaO3. The van der Waals surface area contributed by atoms with E-state index in [0.29, 0.717) is 0 Å². The standard InChI is InChI=1S/C10H14NO.C2H4O2.Na/c1-11(2)8-9-12-10-6-4-3-5-7-10;1-2(3)4;/h4-7H,8-9H2,1-2H3;1H3,(H,3,4);/q-1;;+1. The summed E-state index contributed by atoms with van der Waals surface area (Å²) in [5.41, 5.74) is 0. The summed E-state index contributed by atoms with van der Waals surface area (Å²) in [4.78, 5) is 11.1. The number of hydrogen-bond acceptors (Lipinski definition) is 3. The molecular weight excluding hydrogens is 229 g/mol. The Bertz CT molecular complexity index is 287. The first-order valence-corrected chi connectivity index (χ1v) is 4.95. The Hall–Kier alpha value is -0.550. The molecule has 0 atom stereocenters. The van der Waals surface area contributed by atoms with Crippen molar-refractivity contribution in [1.29, 1.82) is 0 Å². The third kappa shape index (κ3) is 15.4. The SMILES string of the molecule is CC(=O)O.CN(C)CCOc1cc[c-]cc1.[Na+]. The zero-order chi connectivity index (χ0) is 12.4. The minimum Gasteiger partial charge on any atom is -0.518 e. The van der Waals surface area contributed by atoms with E-state index in [-0.39, 0.29) is 29.6 Å². The first kappa shape index (κ1) is 18.8. The molecule has 1 rings (SSSR count). The molecule has 0 saturated heterocycles. The molecule has 0 fully saturated rings. The van der Waals surface area contributed by atoms with Gasteiger partial charge in [-0.2, -0.15) is 18.2 Å². The van der Waals surface area contributed by atoms with E-state index in [0.717, 1.165) is 25.8 Å². The fourth-order valence-corrected chi connectivity index (χ4v) is 0.814. The number of aliphatic carboxylic acids is 1. The smallest absolute Gasteiger partial charge is 0.518 e. The van der Waals surface area contributed by atoms with Gasteiger partial charge in [0.2, 0.25) is 0 Å². The average Bonchev–Trinajstić information content (AvgIpc) is 2.18. The first-order chi connectivity index (χ1) is 7.52. The summed E-state index contributed by atoms with van der Waals surface area (Å²) < 4.78 is 5.46. The van der Waals surface area contributed by atoms with E-state index in [1.165, 1.54) is 0 Å². The van der Waals surface area contributed by atoms with Gasteiger partial charge in [-0.05, 0) is 14.1 Å². The van der Waals surface area contributed by atoms with Gasteiger partial charge in [0.15, 0.2) is 0 Å². The molecule has 90 valence electrons. The van der Waals surface area contributed by atoms with E-state index < -0.39 is 5.97 Å². The maximum atomic E-state index is 9.00. The van der Waals surface area contributed by atoms with Crippen molar-refractivity contribution < 1.29 is 44.2 Å². The van der Waals surface area contributed by atoms with Crippen molar-refractivity contribution in [3.05, 3.63) is 30.3 Å². The summed E-state index contributed by atoms with van der Waals surface area (Å²) in [7, 11) is 4.06. The molecule has 0 unspecified atom stereocenters. The van der Waals surface area contributed by atoms with Crippen molar-refractivity contribution in [2.45, 2.75) is 6.92 Å².